The highest BCUT2D eigenvalue weighted by molar-refractivity contribution is 7.92. The fourth-order valence-corrected chi connectivity index (χ4v) is 4.18. The van der Waals surface area contributed by atoms with E-state index in [1.807, 2.05) is 0 Å². The molecule has 1 aromatic carbocycles. The molecule has 1 aliphatic rings. The molecule has 0 fully saturated rings. The number of aryl methyl sites for hydroxylation is 2. The van der Waals surface area contributed by atoms with Crippen molar-refractivity contribution >= 4 is 27.3 Å². The summed E-state index contributed by atoms with van der Waals surface area (Å²) in [7, 11) is -3.77. The van der Waals surface area contributed by atoms with Crippen LogP contribution in [0.25, 0.3) is 0 Å². The summed E-state index contributed by atoms with van der Waals surface area (Å²) in [6.07, 6.45) is 0. The fourth-order valence-electron chi connectivity index (χ4n) is 2.75. The van der Waals surface area contributed by atoms with Gasteiger partial charge in [0.25, 0.3) is 10.0 Å². The van der Waals surface area contributed by atoms with Crippen LogP contribution in [-0.2, 0) is 14.8 Å². The average molecular weight is 350 g/mol. The molecule has 128 valence electrons. The molecule has 0 unspecified atom stereocenters. The summed E-state index contributed by atoms with van der Waals surface area (Å²) in [4.78, 5) is 13.4. The molecule has 9 heteroatoms. The third-order valence-corrected chi connectivity index (χ3v) is 5.43. The Kier molecular flexibility index (Phi) is 3.96. The van der Waals surface area contributed by atoms with Crippen molar-refractivity contribution in [2.24, 2.45) is 0 Å². The first-order valence-corrected chi connectivity index (χ1v) is 8.87. The highest BCUT2D eigenvalue weighted by Gasteiger charge is 2.25. The van der Waals surface area contributed by atoms with Gasteiger partial charge in [0.05, 0.1) is 29.3 Å². The highest BCUT2D eigenvalue weighted by Crippen LogP contribution is 2.35. The van der Waals surface area contributed by atoms with Crippen molar-refractivity contribution in [3.05, 3.63) is 29.6 Å². The van der Waals surface area contributed by atoms with E-state index < -0.39 is 10.0 Å². The second-order valence-corrected chi connectivity index (χ2v) is 7.19. The van der Waals surface area contributed by atoms with E-state index in [2.05, 4.69) is 14.9 Å². The van der Waals surface area contributed by atoms with Crippen LogP contribution < -0.4 is 14.4 Å². The monoisotopic (exact) mass is 350 g/mol. The van der Waals surface area contributed by atoms with E-state index in [4.69, 9.17) is 4.74 Å². The largest absolute Gasteiger partial charge is 0.489 e. The van der Waals surface area contributed by atoms with E-state index in [1.165, 1.54) is 6.92 Å². The molecule has 24 heavy (non-hydrogen) atoms. The normalized spacial score (nSPS) is 14.0. The molecule has 8 nitrogen and oxygen atoms in total. The van der Waals surface area contributed by atoms with Crippen LogP contribution in [0.4, 0.5) is 11.4 Å². The molecule has 3 rings (SSSR count). The van der Waals surface area contributed by atoms with Gasteiger partial charge in [-0.25, -0.2) is 8.42 Å². The molecule has 1 amide bonds. The summed E-state index contributed by atoms with van der Waals surface area (Å²) in [5.74, 6) is 0.384. The quantitative estimate of drug-likeness (QED) is 0.874. The maximum atomic E-state index is 12.6. The lowest BCUT2D eigenvalue weighted by Crippen LogP contribution is -2.36. The topological polar surface area (TPSA) is 104 Å². The van der Waals surface area contributed by atoms with Gasteiger partial charge in [-0.2, -0.15) is 5.10 Å². The first kappa shape index (κ1) is 16.3. The van der Waals surface area contributed by atoms with Crippen LogP contribution in [0.5, 0.6) is 5.75 Å². The summed E-state index contributed by atoms with van der Waals surface area (Å²) in [6.45, 7) is 5.59. The van der Waals surface area contributed by atoms with Crippen LogP contribution in [0, 0.1) is 13.8 Å². The number of aromatic amines is 1. The number of hydrogen-bond acceptors (Lipinski definition) is 5. The maximum absolute atomic E-state index is 12.6. The molecule has 0 atom stereocenters. The Labute approximate surface area is 139 Å². The zero-order chi connectivity index (χ0) is 17.5. The van der Waals surface area contributed by atoms with Crippen molar-refractivity contribution in [2.75, 3.05) is 22.8 Å². The smallest absolute Gasteiger partial charge is 0.265 e. The molecular weight excluding hydrogens is 332 g/mol. The highest BCUT2D eigenvalue weighted by atomic mass is 32.2. The Morgan fingerprint density at radius 3 is 2.75 bits per heavy atom. The molecule has 0 saturated carbocycles. The molecule has 0 radical (unpaired) electrons. The lowest BCUT2D eigenvalue weighted by molar-refractivity contribution is -0.116. The van der Waals surface area contributed by atoms with Crippen LogP contribution in [0.3, 0.4) is 0 Å². The van der Waals surface area contributed by atoms with Gasteiger partial charge in [0.2, 0.25) is 5.91 Å². The summed E-state index contributed by atoms with van der Waals surface area (Å²) in [6, 6.07) is 4.85. The predicted molar refractivity (Wildman–Crippen MR) is 88.8 cm³/mol. The lowest BCUT2D eigenvalue weighted by atomic mass is 10.2. The number of fused-ring (bicyclic) bond motifs is 1. The summed E-state index contributed by atoms with van der Waals surface area (Å²) < 4.78 is 33.2. The minimum atomic E-state index is -3.77. The number of benzene rings is 1. The Morgan fingerprint density at radius 2 is 2.12 bits per heavy atom. The lowest BCUT2D eigenvalue weighted by Gasteiger charge is -2.29. The van der Waals surface area contributed by atoms with Crippen LogP contribution in [0.15, 0.2) is 23.1 Å². The molecule has 0 saturated heterocycles. The van der Waals surface area contributed by atoms with Crippen molar-refractivity contribution in [1.29, 1.82) is 0 Å². The molecule has 0 aliphatic carbocycles. The van der Waals surface area contributed by atoms with Gasteiger partial charge >= 0.3 is 0 Å². The maximum Gasteiger partial charge on any atom is 0.265 e. The standard InChI is InChI=1S/C15H18N4O4S/c1-9-15(10(2)17-16-9)24(21,22)18-12-4-5-13-14(8-12)23-7-6-19(13)11(3)20/h4-5,8,18H,6-7H2,1-3H3,(H,16,17). The molecule has 1 aliphatic heterocycles. The number of carbonyl (C=O) groups is 1. The number of hydrogen-bond donors (Lipinski definition) is 2. The fraction of sp³-hybridized carbons (Fsp3) is 0.333. The molecule has 1 aromatic heterocycles. The van der Waals surface area contributed by atoms with Crippen molar-refractivity contribution < 1.29 is 17.9 Å². The van der Waals surface area contributed by atoms with Gasteiger partial charge in [-0.15, -0.1) is 0 Å². The number of nitrogens with one attached hydrogen (secondary N) is 2. The van der Waals surface area contributed by atoms with Gasteiger partial charge in [0.15, 0.2) is 0 Å². The average Bonchev–Trinajstić information content (AvgIpc) is 2.85. The number of carbonyl (C=O) groups excluding carboxylic acids is 1. The van der Waals surface area contributed by atoms with E-state index in [-0.39, 0.29) is 10.8 Å². The van der Waals surface area contributed by atoms with Gasteiger partial charge in [-0.05, 0) is 26.0 Å². The molecular formula is C15H18N4O4S. The Balaban J connectivity index is 1.93. The molecule has 2 N–H and O–H groups in total. The number of amides is 1. The first-order valence-electron chi connectivity index (χ1n) is 7.39. The Bertz CT molecular complexity index is 885. The van der Waals surface area contributed by atoms with Gasteiger partial charge in [-0.1, -0.05) is 0 Å². The number of sulfonamides is 1. The summed E-state index contributed by atoms with van der Waals surface area (Å²) in [5.41, 5.74) is 1.86. The molecule has 2 heterocycles. The Morgan fingerprint density at radius 1 is 1.38 bits per heavy atom. The predicted octanol–water partition coefficient (Wildman–Crippen LogP) is 1.57. The van der Waals surface area contributed by atoms with Crippen LogP contribution in [-0.4, -0.2) is 37.7 Å². The summed E-state index contributed by atoms with van der Waals surface area (Å²) >= 11 is 0. The zero-order valence-corrected chi connectivity index (χ0v) is 14.4. The molecule has 2 aromatic rings. The van der Waals surface area contributed by atoms with Crippen molar-refractivity contribution in [2.45, 2.75) is 25.7 Å². The van der Waals surface area contributed by atoms with E-state index in [0.717, 1.165) is 0 Å². The van der Waals surface area contributed by atoms with Crippen LogP contribution in [0.2, 0.25) is 0 Å². The number of rotatable bonds is 3. The van der Waals surface area contributed by atoms with Gasteiger partial charge in [0.1, 0.15) is 17.3 Å². The summed E-state index contributed by atoms with van der Waals surface area (Å²) in [5, 5.41) is 6.57. The second kappa shape index (κ2) is 5.82. The van der Waals surface area contributed by atoms with E-state index in [1.54, 1.807) is 36.9 Å². The van der Waals surface area contributed by atoms with Crippen molar-refractivity contribution in [3.63, 3.8) is 0 Å². The second-order valence-electron chi connectivity index (χ2n) is 5.57. The molecule has 0 bridgehead atoms. The van der Waals surface area contributed by atoms with Crippen molar-refractivity contribution in [3.8, 4) is 5.75 Å². The van der Waals surface area contributed by atoms with Crippen LogP contribution in [0.1, 0.15) is 18.3 Å². The van der Waals surface area contributed by atoms with Crippen molar-refractivity contribution in [1.82, 2.24) is 10.2 Å². The SMILES string of the molecule is CC(=O)N1CCOc2cc(NS(=O)(=O)c3c(C)n[nH]c3C)ccc21. The minimum absolute atomic E-state index is 0.0856. The van der Waals surface area contributed by atoms with Gasteiger partial charge in [0, 0.05) is 13.0 Å². The van der Waals surface area contributed by atoms with E-state index in [9.17, 15) is 13.2 Å². The van der Waals surface area contributed by atoms with E-state index in [0.29, 0.717) is 41.7 Å². The third-order valence-electron chi connectivity index (χ3n) is 3.78. The van der Waals surface area contributed by atoms with Gasteiger partial charge in [-0.3, -0.25) is 14.6 Å². The minimum Gasteiger partial charge on any atom is -0.489 e. The van der Waals surface area contributed by atoms with Crippen LogP contribution >= 0.6 is 0 Å². The number of aromatic nitrogens is 2. The zero-order valence-electron chi connectivity index (χ0n) is 13.6. The number of H-pyrrole nitrogens is 1. The Hall–Kier alpha value is -2.55. The van der Waals surface area contributed by atoms with E-state index >= 15 is 0 Å². The third kappa shape index (κ3) is 2.82. The first-order chi connectivity index (χ1) is 11.3. The number of anilines is 2. The van der Waals surface area contributed by atoms with Gasteiger partial charge < -0.3 is 9.64 Å². The number of nitrogens with zero attached hydrogens (tertiary/aromatic N) is 2. The number of ether oxygens (including phenoxy) is 1. The molecule has 0 spiro atoms.